The van der Waals surface area contributed by atoms with Gasteiger partial charge in [-0.15, -0.1) is 0 Å². The SMILES string of the molecule is CC(C)(C)C(C)(C)NC(=O)OCN1C(=O)Cc2cc(CCN3CCN(c4nsc5ccccc45)CC3)c(Cl)cc21. The van der Waals surface area contributed by atoms with Gasteiger partial charge in [-0.2, -0.15) is 4.37 Å². The third-order valence-electron chi connectivity index (χ3n) is 8.52. The molecule has 40 heavy (non-hydrogen) atoms. The Morgan fingerprint density at radius 2 is 1.82 bits per heavy atom. The van der Waals surface area contributed by atoms with Gasteiger partial charge in [0.2, 0.25) is 5.91 Å². The van der Waals surface area contributed by atoms with Crippen molar-refractivity contribution >= 4 is 56.7 Å². The molecule has 1 aromatic heterocycles. The van der Waals surface area contributed by atoms with E-state index in [0.717, 1.165) is 56.1 Å². The molecule has 0 atom stereocenters. The number of hydrogen-bond acceptors (Lipinski definition) is 7. The van der Waals surface area contributed by atoms with Crippen LogP contribution >= 0.6 is 23.1 Å². The van der Waals surface area contributed by atoms with Crippen molar-refractivity contribution in [2.45, 2.75) is 53.0 Å². The minimum atomic E-state index is -0.549. The molecule has 3 aromatic rings. The van der Waals surface area contributed by atoms with Crippen molar-refractivity contribution in [1.82, 2.24) is 14.6 Å². The maximum Gasteiger partial charge on any atom is 0.409 e. The molecular formula is C30H38ClN5O3S. The predicted octanol–water partition coefficient (Wildman–Crippen LogP) is 5.71. The summed E-state index contributed by atoms with van der Waals surface area (Å²) < 4.78 is 11.4. The van der Waals surface area contributed by atoms with Crippen LogP contribution in [0.25, 0.3) is 10.1 Å². The smallest absolute Gasteiger partial charge is 0.409 e. The minimum absolute atomic E-state index is 0.100. The van der Waals surface area contributed by atoms with Crippen LogP contribution in [0.2, 0.25) is 5.02 Å². The van der Waals surface area contributed by atoms with E-state index < -0.39 is 11.6 Å². The summed E-state index contributed by atoms with van der Waals surface area (Å²) in [5.41, 5.74) is 2.04. The second-order valence-corrected chi connectivity index (χ2v) is 13.4. The zero-order chi connectivity index (χ0) is 28.7. The van der Waals surface area contributed by atoms with Gasteiger partial charge in [-0.05, 0) is 66.5 Å². The fraction of sp³-hybridized carbons (Fsp3) is 0.500. The molecule has 1 saturated heterocycles. The number of nitrogens with one attached hydrogen (secondary N) is 1. The van der Waals surface area contributed by atoms with Gasteiger partial charge in [-0.1, -0.05) is 50.6 Å². The van der Waals surface area contributed by atoms with Gasteiger partial charge in [-0.25, -0.2) is 4.79 Å². The first kappa shape index (κ1) is 28.6. The molecule has 0 saturated carbocycles. The molecule has 5 rings (SSSR count). The molecule has 0 spiro atoms. The van der Waals surface area contributed by atoms with Gasteiger partial charge < -0.3 is 15.0 Å². The molecule has 3 heterocycles. The van der Waals surface area contributed by atoms with E-state index in [1.165, 1.54) is 15.0 Å². The average molecular weight is 584 g/mol. The Morgan fingerprint density at radius 3 is 2.55 bits per heavy atom. The largest absolute Gasteiger partial charge is 0.428 e. The highest BCUT2D eigenvalue weighted by Crippen LogP contribution is 2.35. The molecule has 2 aliphatic heterocycles. The van der Waals surface area contributed by atoms with Crippen molar-refractivity contribution in [3.8, 4) is 0 Å². The maximum absolute atomic E-state index is 12.8. The van der Waals surface area contributed by atoms with Gasteiger partial charge in [-0.3, -0.25) is 14.6 Å². The molecule has 0 unspecified atom stereocenters. The van der Waals surface area contributed by atoms with Gasteiger partial charge in [0.15, 0.2) is 6.73 Å². The average Bonchev–Trinajstić information content (AvgIpc) is 3.45. The summed E-state index contributed by atoms with van der Waals surface area (Å²) in [6, 6.07) is 12.3. The Balaban J connectivity index is 1.15. The fourth-order valence-electron chi connectivity index (χ4n) is 4.94. The van der Waals surface area contributed by atoms with Crippen molar-refractivity contribution in [3.63, 3.8) is 0 Å². The molecule has 2 amide bonds. The summed E-state index contributed by atoms with van der Waals surface area (Å²) in [5, 5.41) is 4.77. The maximum atomic E-state index is 12.8. The first-order chi connectivity index (χ1) is 18.9. The quantitative estimate of drug-likeness (QED) is 0.384. The normalized spacial score (nSPS) is 16.5. The lowest BCUT2D eigenvalue weighted by Crippen LogP contribution is -2.53. The third kappa shape index (κ3) is 5.92. The predicted molar refractivity (Wildman–Crippen MR) is 163 cm³/mol. The van der Waals surface area contributed by atoms with Crippen LogP contribution in [-0.2, 0) is 22.4 Å². The number of nitrogens with zero attached hydrogens (tertiary/aromatic N) is 4. The number of fused-ring (bicyclic) bond motifs is 2. The molecule has 2 aliphatic rings. The first-order valence-corrected chi connectivity index (χ1v) is 15.0. The summed E-state index contributed by atoms with van der Waals surface area (Å²) in [6.45, 7) is 14.6. The number of amides is 2. The summed E-state index contributed by atoms with van der Waals surface area (Å²) in [6.07, 6.45) is 0.533. The second kappa shape index (κ2) is 11.2. The van der Waals surface area contributed by atoms with Crippen molar-refractivity contribution < 1.29 is 14.3 Å². The van der Waals surface area contributed by atoms with Crippen LogP contribution in [0.15, 0.2) is 36.4 Å². The molecule has 0 bridgehead atoms. The number of carbonyl (C=O) groups excluding carboxylic acids is 2. The molecule has 8 nitrogen and oxygen atoms in total. The second-order valence-electron chi connectivity index (χ2n) is 12.2. The van der Waals surface area contributed by atoms with E-state index in [1.807, 2.05) is 26.0 Å². The Hall–Kier alpha value is -2.88. The van der Waals surface area contributed by atoms with Gasteiger partial charge in [0.05, 0.1) is 16.8 Å². The van der Waals surface area contributed by atoms with Gasteiger partial charge in [0.1, 0.15) is 5.82 Å². The lowest BCUT2D eigenvalue weighted by molar-refractivity contribution is -0.118. The van der Waals surface area contributed by atoms with E-state index in [1.54, 1.807) is 11.5 Å². The van der Waals surface area contributed by atoms with Crippen molar-refractivity contribution in [3.05, 3.63) is 52.5 Å². The molecule has 2 aromatic carbocycles. The summed E-state index contributed by atoms with van der Waals surface area (Å²) in [5.74, 6) is 0.993. The topological polar surface area (TPSA) is 78.0 Å². The number of carbonyl (C=O) groups is 2. The number of ether oxygens (including phenoxy) is 1. The van der Waals surface area contributed by atoms with E-state index in [-0.39, 0.29) is 24.5 Å². The van der Waals surface area contributed by atoms with Gasteiger partial charge in [0, 0.05) is 48.7 Å². The van der Waals surface area contributed by atoms with Crippen LogP contribution in [-0.4, -0.2) is 66.3 Å². The zero-order valence-corrected chi connectivity index (χ0v) is 25.5. The van der Waals surface area contributed by atoms with Crippen LogP contribution in [0.4, 0.5) is 16.3 Å². The van der Waals surface area contributed by atoms with Crippen LogP contribution in [0, 0.1) is 5.41 Å². The number of alkyl carbamates (subject to hydrolysis) is 1. The van der Waals surface area contributed by atoms with E-state index in [2.05, 4.69) is 60.2 Å². The van der Waals surface area contributed by atoms with E-state index in [4.69, 9.17) is 20.7 Å². The van der Waals surface area contributed by atoms with Gasteiger partial charge in [0.25, 0.3) is 0 Å². The standard InChI is InChI=1S/C30H38ClN5O3S/c1-29(2,3)30(4,5)32-28(38)39-19-36-24-18-23(31)20(16-21(24)17-26(36)37)10-11-34-12-14-35(15-13-34)27-22-8-6-7-9-25(22)40-33-27/h6-9,16,18H,10-15,17,19H2,1-5H3,(H,32,38). The zero-order valence-electron chi connectivity index (χ0n) is 23.9. The highest BCUT2D eigenvalue weighted by molar-refractivity contribution is 7.13. The first-order valence-electron chi connectivity index (χ1n) is 13.8. The molecule has 0 radical (unpaired) electrons. The Bertz CT molecular complexity index is 1410. The van der Waals surface area contributed by atoms with E-state index in [0.29, 0.717) is 10.7 Å². The fourth-order valence-corrected chi connectivity index (χ4v) is 5.99. The highest BCUT2D eigenvalue weighted by atomic mass is 35.5. The molecule has 1 fully saturated rings. The van der Waals surface area contributed by atoms with Crippen LogP contribution in [0.3, 0.4) is 0 Å². The summed E-state index contributed by atoms with van der Waals surface area (Å²) in [4.78, 5) is 31.6. The molecule has 214 valence electrons. The number of piperazine rings is 1. The van der Waals surface area contributed by atoms with E-state index in [9.17, 15) is 9.59 Å². The monoisotopic (exact) mass is 583 g/mol. The van der Waals surface area contributed by atoms with Crippen LogP contribution in [0.1, 0.15) is 45.7 Å². The number of halogens is 1. The Morgan fingerprint density at radius 1 is 1.10 bits per heavy atom. The lowest BCUT2D eigenvalue weighted by Gasteiger charge is -2.39. The number of rotatable bonds is 7. The highest BCUT2D eigenvalue weighted by Gasteiger charge is 2.35. The molecule has 10 heteroatoms. The van der Waals surface area contributed by atoms with Crippen LogP contribution < -0.4 is 15.1 Å². The van der Waals surface area contributed by atoms with Gasteiger partial charge >= 0.3 is 6.09 Å². The molecule has 1 N–H and O–H groups in total. The van der Waals surface area contributed by atoms with E-state index >= 15 is 0 Å². The van der Waals surface area contributed by atoms with Crippen LogP contribution in [0.5, 0.6) is 0 Å². The lowest BCUT2D eigenvalue weighted by atomic mass is 9.76. The van der Waals surface area contributed by atoms with Crippen molar-refractivity contribution in [2.24, 2.45) is 5.41 Å². The number of benzene rings is 2. The number of hydrogen-bond donors (Lipinski definition) is 1. The van der Waals surface area contributed by atoms with Crippen molar-refractivity contribution in [2.75, 3.05) is 49.3 Å². The number of aromatic nitrogens is 1. The Kier molecular flexibility index (Phi) is 8.01. The third-order valence-corrected chi connectivity index (χ3v) is 9.69. The minimum Gasteiger partial charge on any atom is -0.428 e. The number of anilines is 2. The van der Waals surface area contributed by atoms with Crippen molar-refractivity contribution in [1.29, 1.82) is 0 Å². The Labute approximate surface area is 245 Å². The summed E-state index contributed by atoms with van der Waals surface area (Å²) in [7, 11) is 0. The molecular weight excluding hydrogens is 546 g/mol. The molecule has 0 aliphatic carbocycles. The summed E-state index contributed by atoms with van der Waals surface area (Å²) >= 11 is 8.25.